The van der Waals surface area contributed by atoms with Crippen LogP contribution in [0.5, 0.6) is 11.5 Å². The summed E-state index contributed by atoms with van der Waals surface area (Å²) in [5.41, 5.74) is 8.48. The van der Waals surface area contributed by atoms with Crippen molar-refractivity contribution < 1.29 is 4.74 Å². The quantitative estimate of drug-likeness (QED) is 0.203. The predicted octanol–water partition coefficient (Wildman–Crippen LogP) is 9.99. The monoisotopic (exact) mass is 597 g/mol. The summed E-state index contributed by atoms with van der Waals surface area (Å²) in [6, 6.07) is 49.3. The minimum atomic E-state index is -0.692. The summed E-state index contributed by atoms with van der Waals surface area (Å²) < 4.78 is 6.50. The highest BCUT2D eigenvalue weighted by Gasteiger charge is 2.52. The van der Waals surface area contributed by atoms with Crippen molar-refractivity contribution in [1.82, 2.24) is 15.0 Å². The molecule has 45 heavy (non-hydrogen) atoms. The van der Waals surface area contributed by atoms with Gasteiger partial charge in [0.25, 0.3) is 0 Å². The van der Waals surface area contributed by atoms with E-state index in [0.29, 0.717) is 22.5 Å². The molecule has 212 valence electrons. The summed E-state index contributed by atoms with van der Waals surface area (Å²) in [5.74, 6) is 3.49. The molecule has 0 unspecified atom stereocenters. The molecule has 0 radical (unpaired) electrons. The van der Waals surface area contributed by atoms with Gasteiger partial charge >= 0.3 is 0 Å². The van der Waals surface area contributed by atoms with Crippen molar-refractivity contribution >= 4 is 11.6 Å². The summed E-state index contributed by atoms with van der Waals surface area (Å²) in [6.07, 6.45) is 0. The van der Waals surface area contributed by atoms with Crippen LogP contribution in [0.1, 0.15) is 22.3 Å². The van der Waals surface area contributed by atoms with Gasteiger partial charge in [-0.2, -0.15) is 0 Å². The maximum absolute atomic E-state index is 7.24. The van der Waals surface area contributed by atoms with E-state index in [1.807, 2.05) is 97.1 Å². The van der Waals surface area contributed by atoms with E-state index in [9.17, 15) is 0 Å². The molecule has 0 fully saturated rings. The van der Waals surface area contributed by atoms with Crippen LogP contribution in [-0.2, 0) is 5.41 Å². The molecule has 9 rings (SSSR count). The smallest absolute Gasteiger partial charge is 0.164 e. The Balaban J connectivity index is 1.39. The fourth-order valence-electron chi connectivity index (χ4n) is 7.07. The summed E-state index contributed by atoms with van der Waals surface area (Å²) in [6.45, 7) is 0. The van der Waals surface area contributed by atoms with Crippen molar-refractivity contribution in [3.05, 3.63) is 173 Å². The van der Waals surface area contributed by atoms with Gasteiger partial charge in [-0.05, 0) is 40.5 Å². The lowest BCUT2D eigenvalue weighted by Gasteiger charge is -2.39. The van der Waals surface area contributed by atoms with E-state index in [1.54, 1.807) is 0 Å². The van der Waals surface area contributed by atoms with Gasteiger partial charge in [0.15, 0.2) is 17.5 Å². The molecule has 1 aliphatic heterocycles. The lowest BCUT2D eigenvalue weighted by molar-refractivity contribution is 0.436. The molecule has 0 amide bonds. The van der Waals surface area contributed by atoms with Crippen molar-refractivity contribution in [2.75, 3.05) is 0 Å². The lowest BCUT2D eigenvalue weighted by Crippen LogP contribution is -2.32. The van der Waals surface area contributed by atoms with E-state index in [1.165, 1.54) is 0 Å². The topological polar surface area (TPSA) is 47.9 Å². The highest BCUT2D eigenvalue weighted by atomic mass is 35.5. The zero-order chi connectivity index (χ0) is 30.0. The fourth-order valence-corrected chi connectivity index (χ4v) is 7.39. The van der Waals surface area contributed by atoms with Gasteiger partial charge in [0, 0.05) is 32.8 Å². The van der Waals surface area contributed by atoms with Gasteiger partial charge in [0.2, 0.25) is 0 Å². The third-order valence-corrected chi connectivity index (χ3v) is 9.18. The summed E-state index contributed by atoms with van der Waals surface area (Å²) in [7, 11) is 0. The zero-order valence-corrected chi connectivity index (χ0v) is 24.7. The van der Waals surface area contributed by atoms with Crippen molar-refractivity contribution in [2.45, 2.75) is 5.41 Å². The van der Waals surface area contributed by atoms with Crippen molar-refractivity contribution in [2.24, 2.45) is 0 Å². The van der Waals surface area contributed by atoms with Crippen LogP contribution in [0.3, 0.4) is 0 Å². The summed E-state index contributed by atoms with van der Waals surface area (Å²) in [5, 5.41) is 0.701. The third-order valence-electron chi connectivity index (χ3n) is 8.87. The number of halogens is 1. The van der Waals surface area contributed by atoms with Gasteiger partial charge in [-0.25, -0.2) is 15.0 Å². The fraction of sp³-hybridized carbons (Fsp3) is 0.0250. The molecule has 0 atom stereocenters. The first kappa shape index (κ1) is 25.9. The molecule has 2 heterocycles. The highest BCUT2D eigenvalue weighted by molar-refractivity contribution is 6.32. The van der Waals surface area contributed by atoms with Crippen LogP contribution in [-0.4, -0.2) is 15.0 Å². The minimum Gasteiger partial charge on any atom is -0.457 e. The molecule has 7 aromatic rings. The van der Waals surface area contributed by atoms with E-state index < -0.39 is 5.41 Å². The first-order valence-corrected chi connectivity index (χ1v) is 15.3. The molecule has 4 nitrogen and oxygen atoms in total. The molecule has 0 bridgehead atoms. The molecule has 6 aromatic carbocycles. The molecule has 0 saturated heterocycles. The second-order valence-corrected chi connectivity index (χ2v) is 11.7. The Hall–Kier alpha value is -5.58. The van der Waals surface area contributed by atoms with Gasteiger partial charge in [-0.1, -0.05) is 139 Å². The Kier molecular flexibility index (Phi) is 5.74. The zero-order valence-electron chi connectivity index (χ0n) is 24.0. The molecular formula is C40H24ClN3O. The van der Waals surface area contributed by atoms with Crippen LogP contribution in [0.4, 0.5) is 0 Å². The maximum atomic E-state index is 7.24. The van der Waals surface area contributed by atoms with Crippen molar-refractivity contribution in [3.8, 4) is 56.8 Å². The van der Waals surface area contributed by atoms with Crippen LogP contribution in [0.15, 0.2) is 146 Å². The van der Waals surface area contributed by atoms with Gasteiger partial charge in [0.1, 0.15) is 11.5 Å². The van der Waals surface area contributed by atoms with Gasteiger partial charge in [-0.3, -0.25) is 0 Å². The van der Waals surface area contributed by atoms with Crippen molar-refractivity contribution in [1.29, 1.82) is 0 Å². The van der Waals surface area contributed by atoms with Gasteiger partial charge in [0.05, 0.1) is 5.41 Å². The molecule has 2 aliphatic rings. The number of ether oxygens (including phenoxy) is 1. The molecule has 0 N–H and O–H groups in total. The second-order valence-electron chi connectivity index (χ2n) is 11.3. The van der Waals surface area contributed by atoms with Gasteiger partial charge in [-0.15, -0.1) is 0 Å². The van der Waals surface area contributed by atoms with Crippen molar-refractivity contribution in [3.63, 3.8) is 0 Å². The number of aromatic nitrogens is 3. The largest absolute Gasteiger partial charge is 0.457 e. The lowest BCUT2D eigenvalue weighted by atomic mass is 9.66. The van der Waals surface area contributed by atoms with E-state index >= 15 is 0 Å². The first-order valence-electron chi connectivity index (χ1n) is 14.9. The number of nitrogens with zero attached hydrogens (tertiary/aromatic N) is 3. The molecular weight excluding hydrogens is 574 g/mol. The minimum absolute atomic E-state index is 0.608. The van der Waals surface area contributed by atoms with Crippen LogP contribution in [0.2, 0.25) is 5.02 Å². The van der Waals surface area contributed by atoms with E-state index in [0.717, 1.165) is 61.6 Å². The molecule has 1 aromatic heterocycles. The maximum Gasteiger partial charge on any atom is 0.164 e. The Labute approximate surface area is 265 Å². The van der Waals surface area contributed by atoms with E-state index in [4.69, 9.17) is 31.3 Å². The number of rotatable bonds is 3. The standard InChI is InChI=1S/C40H24ClN3O/c41-32-22-12-17-27-35-28(39-43-37(25-13-3-1-4-14-25)42-38(44-39)26-15-5-2-6-16-26)18-11-21-31(35)40(36(27)32)29-19-7-9-23-33(29)45-34-24-10-8-20-30(34)40/h1-24H. The van der Waals surface area contributed by atoms with E-state index in [2.05, 4.69) is 48.5 Å². The SMILES string of the molecule is Clc1cccc2c1C1(c3ccccc3Oc3ccccc31)c1cccc(-c3nc(-c4ccccc4)nc(-c4ccccc4)n3)c1-2. The number of hydrogen-bond donors (Lipinski definition) is 0. The average Bonchev–Trinajstić information content (AvgIpc) is 3.41. The second kappa shape index (κ2) is 9.98. The Bertz CT molecular complexity index is 2160. The molecule has 1 aliphatic carbocycles. The Morgan fingerprint density at radius 3 is 1.56 bits per heavy atom. The Morgan fingerprint density at radius 2 is 0.933 bits per heavy atom. The molecule has 0 saturated carbocycles. The van der Waals surface area contributed by atoms with Crippen LogP contribution < -0.4 is 4.74 Å². The molecule has 1 spiro atoms. The highest BCUT2D eigenvalue weighted by Crippen LogP contribution is 2.64. The van der Waals surface area contributed by atoms with Gasteiger partial charge < -0.3 is 4.74 Å². The summed E-state index contributed by atoms with van der Waals surface area (Å²) >= 11 is 7.24. The molecule has 5 heteroatoms. The van der Waals surface area contributed by atoms with Crippen LogP contribution in [0, 0.1) is 0 Å². The average molecular weight is 598 g/mol. The van der Waals surface area contributed by atoms with Crippen LogP contribution in [0.25, 0.3) is 45.3 Å². The number of benzene rings is 6. The summed E-state index contributed by atoms with van der Waals surface area (Å²) in [4.78, 5) is 15.2. The van der Waals surface area contributed by atoms with Crippen LogP contribution >= 0.6 is 11.6 Å². The third kappa shape index (κ3) is 3.76. The Morgan fingerprint density at radius 1 is 0.444 bits per heavy atom. The number of para-hydroxylation sites is 2. The van der Waals surface area contributed by atoms with E-state index in [-0.39, 0.29) is 0 Å². The predicted molar refractivity (Wildman–Crippen MR) is 179 cm³/mol. The normalized spacial score (nSPS) is 13.4. The first-order chi connectivity index (χ1) is 22.2. The number of hydrogen-bond acceptors (Lipinski definition) is 4. The number of fused-ring (bicyclic) bond motifs is 9.